The second-order valence-electron chi connectivity index (χ2n) is 4.39. The van der Waals surface area contributed by atoms with Crippen LogP contribution >= 0.6 is 0 Å². The van der Waals surface area contributed by atoms with Crippen molar-refractivity contribution in [1.82, 2.24) is 10.1 Å². The number of rotatable bonds is 4. The molecule has 0 aliphatic carbocycles. The average Bonchev–Trinajstić information content (AvgIpc) is 2.97. The van der Waals surface area contributed by atoms with Gasteiger partial charge in [0.25, 0.3) is 5.89 Å². The normalized spacial score (nSPS) is 11.3. The highest BCUT2D eigenvalue weighted by Crippen LogP contribution is 2.23. The lowest BCUT2D eigenvalue weighted by Crippen LogP contribution is -2.18. The number of benzene rings is 2. The molecule has 0 atom stereocenters. The lowest BCUT2D eigenvalue weighted by atomic mass is 10.2. The number of aromatic nitrogens is 2. The summed E-state index contributed by atoms with van der Waals surface area (Å²) in [4.78, 5) is 4.29. The maximum Gasteiger partial charge on any atom is 0.380 e. The van der Waals surface area contributed by atoms with Gasteiger partial charge in [0.15, 0.2) is 0 Å². The van der Waals surface area contributed by atoms with Gasteiger partial charge in [0, 0.05) is 11.1 Å². The van der Waals surface area contributed by atoms with E-state index in [9.17, 15) is 8.42 Å². The largest absolute Gasteiger partial charge is 0.380 e. The molecule has 0 unspecified atom stereocenters. The van der Waals surface area contributed by atoms with Gasteiger partial charge in [-0.15, -0.1) is 0 Å². The van der Waals surface area contributed by atoms with Gasteiger partial charge in [0.1, 0.15) is 5.75 Å². The molecule has 0 amide bonds. The van der Waals surface area contributed by atoms with Crippen LogP contribution in [0.4, 0.5) is 0 Å². The Balaban J connectivity index is 1.85. The van der Waals surface area contributed by atoms with Crippen molar-refractivity contribution in [3.63, 3.8) is 0 Å². The summed E-state index contributed by atoms with van der Waals surface area (Å²) in [5.41, 5.74) is 1.48. The average molecular weight is 317 g/mol. The van der Waals surface area contributed by atoms with Crippen LogP contribution in [-0.4, -0.2) is 18.6 Å². The van der Waals surface area contributed by atoms with Gasteiger partial charge < -0.3 is 8.71 Å². The summed E-state index contributed by atoms with van der Waals surface area (Å²) in [6, 6.07) is 15.5. The van der Waals surface area contributed by atoms with Gasteiger partial charge in [-0.3, -0.25) is 0 Å². The zero-order valence-electron chi connectivity index (χ0n) is 11.2. The van der Waals surface area contributed by atoms with Crippen LogP contribution in [-0.2, 0) is 10.3 Å². The maximum atomic E-state index is 10.8. The molecule has 2 aromatic carbocycles. The molecule has 0 saturated heterocycles. The monoisotopic (exact) mass is 317 g/mol. The van der Waals surface area contributed by atoms with Gasteiger partial charge in [-0.1, -0.05) is 23.4 Å². The summed E-state index contributed by atoms with van der Waals surface area (Å²) in [5.74, 6) is 0.902. The molecule has 2 N–H and O–H groups in total. The van der Waals surface area contributed by atoms with Gasteiger partial charge in [-0.2, -0.15) is 18.5 Å². The lowest BCUT2D eigenvalue weighted by Gasteiger charge is -2.02. The SMILES string of the molecule is NS(=O)(=O)Oc1ccc(-c2noc(-c3ccccc3)n2)cc1. The Hall–Kier alpha value is -2.71. The molecule has 0 aliphatic heterocycles. The lowest BCUT2D eigenvalue weighted by molar-refractivity contribution is 0.432. The summed E-state index contributed by atoms with van der Waals surface area (Å²) in [6.07, 6.45) is 0. The Morgan fingerprint density at radius 3 is 2.27 bits per heavy atom. The summed E-state index contributed by atoms with van der Waals surface area (Å²) in [6.45, 7) is 0. The molecule has 0 fully saturated rings. The van der Waals surface area contributed by atoms with Crippen LogP contribution in [0.2, 0.25) is 0 Å². The molecule has 1 aromatic heterocycles. The Kier molecular flexibility index (Phi) is 3.61. The highest BCUT2D eigenvalue weighted by Gasteiger charge is 2.11. The number of nitrogens with two attached hydrogens (primary N) is 1. The van der Waals surface area contributed by atoms with E-state index in [4.69, 9.17) is 9.66 Å². The second-order valence-corrected chi connectivity index (χ2v) is 5.54. The molecule has 22 heavy (non-hydrogen) atoms. The molecule has 0 saturated carbocycles. The van der Waals surface area contributed by atoms with Crippen molar-refractivity contribution in [1.29, 1.82) is 0 Å². The number of nitrogens with zero attached hydrogens (tertiary/aromatic N) is 2. The van der Waals surface area contributed by atoms with E-state index < -0.39 is 10.3 Å². The molecule has 0 aliphatic rings. The minimum atomic E-state index is -4.04. The van der Waals surface area contributed by atoms with E-state index in [2.05, 4.69) is 14.3 Å². The second kappa shape index (κ2) is 5.58. The molecular formula is C14H11N3O4S. The third-order valence-electron chi connectivity index (χ3n) is 2.77. The fourth-order valence-electron chi connectivity index (χ4n) is 1.83. The van der Waals surface area contributed by atoms with Crippen molar-refractivity contribution in [2.24, 2.45) is 5.14 Å². The van der Waals surface area contributed by atoms with E-state index in [1.165, 1.54) is 12.1 Å². The van der Waals surface area contributed by atoms with Crippen molar-refractivity contribution >= 4 is 10.3 Å². The zero-order valence-corrected chi connectivity index (χ0v) is 12.0. The first kappa shape index (κ1) is 14.2. The van der Waals surface area contributed by atoms with Crippen LogP contribution in [0.3, 0.4) is 0 Å². The maximum absolute atomic E-state index is 10.8. The van der Waals surface area contributed by atoms with Crippen LogP contribution < -0.4 is 9.32 Å². The molecule has 8 heteroatoms. The first-order valence-electron chi connectivity index (χ1n) is 6.23. The first-order chi connectivity index (χ1) is 10.5. The van der Waals surface area contributed by atoms with Crippen molar-refractivity contribution in [3.8, 4) is 28.6 Å². The van der Waals surface area contributed by atoms with Gasteiger partial charge in [-0.25, -0.2) is 0 Å². The Morgan fingerprint density at radius 2 is 1.64 bits per heavy atom. The molecule has 0 spiro atoms. The Labute approximate surface area is 126 Å². The molecule has 3 rings (SSSR count). The molecule has 7 nitrogen and oxygen atoms in total. The predicted molar refractivity (Wildman–Crippen MR) is 78.9 cm³/mol. The van der Waals surface area contributed by atoms with E-state index in [0.717, 1.165) is 5.56 Å². The molecule has 112 valence electrons. The summed E-state index contributed by atoms with van der Waals surface area (Å²) in [5, 5.41) is 8.69. The zero-order chi connectivity index (χ0) is 15.6. The number of hydrogen-bond acceptors (Lipinski definition) is 6. The minimum absolute atomic E-state index is 0.109. The molecule has 1 heterocycles. The third kappa shape index (κ3) is 3.30. The minimum Gasteiger partial charge on any atom is -0.371 e. The van der Waals surface area contributed by atoms with E-state index in [-0.39, 0.29) is 5.75 Å². The summed E-state index contributed by atoms with van der Waals surface area (Å²) < 4.78 is 31.4. The Bertz CT molecular complexity index is 874. The predicted octanol–water partition coefficient (Wildman–Crippen LogP) is 1.99. The number of hydrogen-bond donors (Lipinski definition) is 1. The van der Waals surface area contributed by atoms with Gasteiger partial charge in [0.2, 0.25) is 5.82 Å². The summed E-state index contributed by atoms with van der Waals surface area (Å²) in [7, 11) is -4.04. The summed E-state index contributed by atoms with van der Waals surface area (Å²) >= 11 is 0. The third-order valence-corrected chi connectivity index (χ3v) is 3.20. The first-order valence-corrected chi connectivity index (χ1v) is 7.70. The van der Waals surface area contributed by atoms with Gasteiger partial charge in [-0.05, 0) is 36.4 Å². The van der Waals surface area contributed by atoms with Crippen molar-refractivity contribution in [2.45, 2.75) is 0 Å². The quantitative estimate of drug-likeness (QED) is 0.788. The fourth-order valence-corrected chi connectivity index (χ4v) is 2.21. The molecule has 0 bridgehead atoms. The fraction of sp³-hybridized carbons (Fsp3) is 0. The van der Waals surface area contributed by atoms with Crippen LogP contribution in [0.25, 0.3) is 22.8 Å². The van der Waals surface area contributed by atoms with E-state index in [1.807, 2.05) is 30.3 Å². The van der Waals surface area contributed by atoms with Crippen LogP contribution in [0.15, 0.2) is 59.1 Å². The van der Waals surface area contributed by atoms with Crippen LogP contribution in [0, 0.1) is 0 Å². The van der Waals surface area contributed by atoms with Crippen molar-refractivity contribution < 1.29 is 17.1 Å². The van der Waals surface area contributed by atoms with E-state index in [0.29, 0.717) is 17.3 Å². The molecule has 3 aromatic rings. The Morgan fingerprint density at radius 1 is 0.955 bits per heavy atom. The highest BCUT2D eigenvalue weighted by molar-refractivity contribution is 7.84. The van der Waals surface area contributed by atoms with Crippen molar-refractivity contribution in [3.05, 3.63) is 54.6 Å². The van der Waals surface area contributed by atoms with Gasteiger partial charge in [0.05, 0.1) is 0 Å². The molecule has 0 radical (unpaired) electrons. The topological polar surface area (TPSA) is 108 Å². The highest BCUT2D eigenvalue weighted by atomic mass is 32.2. The molecular weight excluding hydrogens is 306 g/mol. The van der Waals surface area contributed by atoms with Crippen LogP contribution in [0.1, 0.15) is 0 Å². The van der Waals surface area contributed by atoms with Crippen molar-refractivity contribution in [2.75, 3.05) is 0 Å². The van der Waals surface area contributed by atoms with Crippen LogP contribution in [0.5, 0.6) is 5.75 Å². The van der Waals surface area contributed by atoms with E-state index in [1.54, 1.807) is 12.1 Å². The van der Waals surface area contributed by atoms with E-state index >= 15 is 0 Å². The standard InChI is InChI=1S/C14H11N3O4S/c15-22(18,19)21-12-8-6-10(7-9-12)13-16-14(20-17-13)11-4-2-1-3-5-11/h1-9H,(H2,15,18,19). The van der Waals surface area contributed by atoms with Gasteiger partial charge >= 0.3 is 10.3 Å². The smallest absolute Gasteiger partial charge is 0.371 e.